The van der Waals surface area contributed by atoms with E-state index in [-0.39, 0.29) is 5.82 Å². The maximum atomic E-state index is 13.7. The van der Waals surface area contributed by atoms with Gasteiger partial charge in [0.1, 0.15) is 5.82 Å². The van der Waals surface area contributed by atoms with Crippen LogP contribution >= 0.6 is 0 Å². The average Bonchev–Trinajstić information content (AvgIpc) is 2.83. The average molecular weight is 230 g/mol. The summed E-state index contributed by atoms with van der Waals surface area (Å²) in [6.45, 7) is 0.835. The highest BCUT2D eigenvalue weighted by Gasteiger charge is 2.17. The second-order valence-corrected chi connectivity index (χ2v) is 4.68. The Kier molecular flexibility index (Phi) is 2.67. The Morgan fingerprint density at radius 1 is 1.35 bits per heavy atom. The molecule has 0 radical (unpaired) electrons. The van der Waals surface area contributed by atoms with Crippen molar-refractivity contribution in [2.45, 2.75) is 25.3 Å². The first kappa shape index (κ1) is 10.5. The van der Waals surface area contributed by atoms with Crippen LogP contribution in [-0.2, 0) is 6.42 Å². The van der Waals surface area contributed by atoms with E-state index in [0.717, 1.165) is 36.9 Å². The van der Waals surface area contributed by atoms with Crippen LogP contribution in [0.4, 0.5) is 4.39 Å². The van der Waals surface area contributed by atoms with Gasteiger partial charge in [-0.1, -0.05) is 23.8 Å². The smallest absolute Gasteiger partial charge is 0.130 e. The molecular formula is C14H15FN2. The number of hydrogen-bond acceptors (Lipinski definition) is 2. The Morgan fingerprint density at radius 2 is 2.29 bits per heavy atom. The lowest BCUT2D eigenvalue weighted by molar-refractivity contribution is 0.613. The van der Waals surface area contributed by atoms with Crippen LogP contribution in [0.3, 0.4) is 0 Å². The number of hydrogen-bond donors (Lipinski definition) is 1. The Bertz CT molecular complexity index is 483. The maximum Gasteiger partial charge on any atom is 0.130 e. The van der Waals surface area contributed by atoms with Crippen molar-refractivity contribution in [3.05, 3.63) is 40.7 Å². The molecule has 88 valence electrons. The molecule has 2 aliphatic rings. The summed E-state index contributed by atoms with van der Waals surface area (Å²) in [7, 11) is 0. The molecular weight excluding hydrogens is 215 g/mol. The molecule has 0 saturated heterocycles. The predicted molar refractivity (Wildman–Crippen MR) is 67.6 cm³/mol. The van der Waals surface area contributed by atoms with Crippen molar-refractivity contribution >= 4 is 12.4 Å². The number of rotatable bonds is 2. The van der Waals surface area contributed by atoms with Crippen LogP contribution in [0, 0.1) is 5.82 Å². The van der Waals surface area contributed by atoms with Gasteiger partial charge in [-0.2, -0.15) is 0 Å². The van der Waals surface area contributed by atoms with Gasteiger partial charge in [0.25, 0.3) is 0 Å². The molecule has 1 heterocycles. The van der Waals surface area contributed by atoms with Crippen LogP contribution < -0.4 is 5.32 Å². The van der Waals surface area contributed by atoms with Gasteiger partial charge >= 0.3 is 0 Å². The summed E-state index contributed by atoms with van der Waals surface area (Å²) in [4.78, 5) is 4.15. The molecule has 0 aromatic heterocycles. The van der Waals surface area contributed by atoms with Gasteiger partial charge in [0, 0.05) is 5.56 Å². The molecule has 2 nitrogen and oxygen atoms in total. The SMILES string of the molecule is Fc1cccc2c1C=C(C[C@H]1CN=CN1)CC2. The molecule has 0 bridgehead atoms. The monoisotopic (exact) mass is 230 g/mol. The second-order valence-electron chi connectivity index (χ2n) is 4.68. The first-order valence-corrected chi connectivity index (χ1v) is 6.04. The topological polar surface area (TPSA) is 24.4 Å². The number of aryl methyl sites for hydroxylation is 1. The van der Waals surface area contributed by atoms with E-state index in [1.807, 2.05) is 12.1 Å². The van der Waals surface area contributed by atoms with Crippen molar-refractivity contribution in [1.29, 1.82) is 0 Å². The van der Waals surface area contributed by atoms with Gasteiger partial charge < -0.3 is 5.32 Å². The van der Waals surface area contributed by atoms with E-state index in [4.69, 9.17) is 0 Å². The summed E-state index contributed by atoms with van der Waals surface area (Å²) >= 11 is 0. The fourth-order valence-corrected chi connectivity index (χ4v) is 2.52. The zero-order chi connectivity index (χ0) is 11.7. The predicted octanol–water partition coefficient (Wildman–Crippen LogP) is 2.55. The van der Waals surface area contributed by atoms with E-state index in [2.05, 4.69) is 10.3 Å². The molecule has 0 amide bonds. The first-order valence-electron chi connectivity index (χ1n) is 6.04. The Balaban J connectivity index is 1.81. The Labute approximate surface area is 100 Å². The van der Waals surface area contributed by atoms with Crippen LogP contribution in [0.1, 0.15) is 24.0 Å². The quantitative estimate of drug-likeness (QED) is 0.829. The van der Waals surface area contributed by atoms with E-state index >= 15 is 0 Å². The van der Waals surface area contributed by atoms with Crippen LogP contribution in [0.2, 0.25) is 0 Å². The van der Waals surface area contributed by atoms with Crippen molar-refractivity contribution < 1.29 is 4.39 Å². The van der Waals surface area contributed by atoms with Gasteiger partial charge in [0.05, 0.1) is 18.9 Å². The van der Waals surface area contributed by atoms with E-state index in [0.29, 0.717) is 6.04 Å². The summed E-state index contributed by atoms with van der Waals surface area (Å²) in [6, 6.07) is 5.74. The van der Waals surface area contributed by atoms with Crippen LogP contribution in [0.5, 0.6) is 0 Å². The number of fused-ring (bicyclic) bond motifs is 1. The molecule has 1 atom stereocenters. The fourth-order valence-electron chi connectivity index (χ4n) is 2.52. The van der Waals surface area contributed by atoms with E-state index in [1.165, 1.54) is 11.6 Å². The summed E-state index contributed by atoms with van der Waals surface area (Å²) in [5, 5.41) is 3.22. The highest BCUT2D eigenvalue weighted by molar-refractivity contribution is 5.61. The molecule has 3 rings (SSSR count). The Hall–Kier alpha value is -1.64. The van der Waals surface area contributed by atoms with Crippen LogP contribution in [-0.4, -0.2) is 18.9 Å². The molecule has 0 saturated carbocycles. The highest BCUT2D eigenvalue weighted by Crippen LogP contribution is 2.28. The molecule has 1 aliphatic heterocycles. The molecule has 1 N–H and O–H groups in total. The number of benzene rings is 1. The number of halogens is 1. The van der Waals surface area contributed by atoms with E-state index in [9.17, 15) is 4.39 Å². The fraction of sp³-hybridized carbons (Fsp3) is 0.357. The van der Waals surface area contributed by atoms with Crippen molar-refractivity contribution in [2.24, 2.45) is 4.99 Å². The molecule has 3 heteroatoms. The normalized spacial score (nSPS) is 21.9. The zero-order valence-corrected chi connectivity index (χ0v) is 9.62. The van der Waals surface area contributed by atoms with Gasteiger partial charge in [-0.05, 0) is 30.9 Å². The number of aliphatic imine (C=N–C) groups is 1. The van der Waals surface area contributed by atoms with Gasteiger partial charge in [0.2, 0.25) is 0 Å². The lowest BCUT2D eigenvalue weighted by Gasteiger charge is -2.19. The summed E-state index contributed by atoms with van der Waals surface area (Å²) in [5.74, 6) is -0.102. The van der Waals surface area contributed by atoms with Crippen molar-refractivity contribution in [2.75, 3.05) is 6.54 Å². The number of nitrogens with one attached hydrogen (secondary N) is 1. The van der Waals surface area contributed by atoms with Crippen LogP contribution in [0.15, 0.2) is 28.8 Å². The zero-order valence-electron chi connectivity index (χ0n) is 9.62. The van der Waals surface area contributed by atoms with Gasteiger partial charge in [-0.3, -0.25) is 4.99 Å². The summed E-state index contributed by atoms with van der Waals surface area (Å²) in [6.07, 6.45) is 6.74. The van der Waals surface area contributed by atoms with E-state index in [1.54, 1.807) is 12.4 Å². The molecule has 0 fully saturated rings. The van der Waals surface area contributed by atoms with Crippen molar-refractivity contribution in [3.63, 3.8) is 0 Å². The Morgan fingerprint density at radius 3 is 3.12 bits per heavy atom. The second kappa shape index (κ2) is 4.32. The van der Waals surface area contributed by atoms with Gasteiger partial charge in [-0.15, -0.1) is 0 Å². The molecule has 1 aromatic rings. The third-order valence-corrected chi connectivity index (χ3v) is 3.44. The first-order chi connectivity index (χ1) is 8.33. The third-order valence-electron chi connectivity index (χ3n) is 3.44. The van der Waals surface area contributed by atoms with Crippen molar-refractivity contribution in [1.82, 2.24) is 5.32 Å². The van der Waals surface area contributed by atoms with Crippen molar-refractivity contribution in [3.8, 4) is 0 Å². The molecule has 1 aliphatic carbocycles. The lowest BCUT2D eigenvalue weighted by Crippen LogP contribution is -2.25. The highest BCUT2D eigenvalue weighted by atomic mass is 19.1. The maximum absolute atomic E-state index is 13.7. The number of nitrogens with zero attached hydrogens (tertiary/aromatic N) is 1. The minimum atomic E-state index is -0.102. The molecule has 0 unspecified atom stereocenters. The van der Waals surface area contributed by atoms with E-state index < -0.39 is 0 Å². The molecule has 17 heavy (non-hydrogen) atoms. The largest absolute Gasteiger partial charge is 0.372 e. The minimum Gasteiger partial charge on any atom is -0.372 e. The van der Waals surface area contributed by atoms with Crippen LogP contribution in [0.25, 0.3) is 6.08 Å². The molecule has 0 spiro atoms. The standard InChI is InChI=1S/C14H15FN2/c15-14-3-1-2-11-5-4-10(7-13(11)14)6-12-8-16-9-17-12/h1-3,7,9,12H,4-6,8H2,(H,16,17)/t12-/m0/s1. The lowest BCUT2D eigenvalue weighted by atomic mass is 9.89. The third kappa shape index (κ3) is 2.09. The van der Waals surface area contributed by atoms with Gasteiger partial charge in [-0.25, -0.2) is 4.39 Å². The molecule has 1 aromatic carbocycles. The minimum absolute atomic E-state index is 0.102. The van der Waals surface area contributed by atoms with Gasteiger partial charge in [0.15, 0.2) is 0 Å². The summed E-state index contributed by atoms with van der Waals surface area (Å²) < 4.78 is 13.7. The summed E-state index contributed by atoms with van der Waals surface area (Å²) in [5.41, 5.74) is 3.24.